The Balaban J connectivity index is 0.00000180. The molecule has 0 saturated carbocycles. The second-order valence-corrected chi connectivity index (χ2v) is 5.05. The largest absolute Gasteiger partial charge is 0.349 e. The Kier molecular flexibility index (Phi) is 6.02. The monoisotopic (exact) mass is 378 g/mol. The van der Waals surface area contributed by atoms with E-state index in [1.165, 1.54) is 12.8 Å². The van der Waals surface area contributed by atoms with E-state index in [1.807, 2.05) is 38.0 Å². The molecular formula is C12H23IN6. The lowest BCUT2D eigenvalue weighted by molar-refractivity contribution is 0.475. The average molecular weight is 378 g/mol. The summed E-state index contributed by atoms with van der Waals surface area (Å²) in [5.41, 5.74) is 0. The molecule has 108 valence electrons. The summed E-state index contributed by atoms with van der Waals surface area (Å²) in [4.78, 5) is 8.63. The number of guanidine groups is 1. The molecule has 1 aliphatic heterocycles. The van der Waals surface area contributed by atoms with E-state index in [4.69, 9.17) is 0 Å². The Morgan fingerprint density at radius 2 is 1.84 bits per heavy atom. The van der Waals surface area contributed by atoms with Gasteiger partial charge in [0.2, 0.25) is 0 Å². The van der Waals surface area contributed by atoms with Gasteiger partial charge in [0, 0.05) is 41.2 Å². The summed E-state index contributed by atoms with van der Waals surface area (Å²) in [7, 11) is 7.99. The minimum atomic E-state index is 0. The van der Waals surface area contributed by atoms with E-state index >= 15 is 0 Å². The van der Waals surface area contributed by atoms with Crippen molar-refractivity contribution in [1.82, 2.24) is 24.6 Å². The topological polar surface area (TPSA) is 49.6 Å². The number of halogens is 1. The molecule has 19 heavy (non-hydrogen) atoms. The fourth-order valence-corrected chi connectivity index (χ4v) is 2.31. The molecule has 0 spiro atoms. The third kappa shape index (κ3) is 3.80. The van der Waals surface area contributed by atoms with Crippen LogP contribution in [0.3, 0.4) is 0 Å². The maximum absolute atomic E-state index is 4.62. The van der Waals surface area contributed by atoms with Gasteiger partial charge in [-0.25, -0.2) is 4.99 Å². The van der Waals surface area contributed by atoms with Crippen LogP contribution in [0.2, 0.25) is 0 Å². The van der Waals surface area contributed by atoms with Crippen molar-refractivity contribution in [3.63, 3.8) is 0 Å². The maximum atomic E-state index is 4.62. The molecule has 2 rings (SSSR count). The molecular weight excluding hydrogens is 355 g/mol. The van der Waals surface area contributed by atoms with Crippen LogP contribution in [-0.2, 0) is 19.5 Å². The van der Waals surface area contributed by atoms with E-state index in [1.54, 1.807) is 0 Å². The molecule has 7 heteroatoms. The smallest absolute Gasteiger partial charge is 0.195 e. The third-order valence-corrected chi connectivity index (χ3v) is 3.10. The molecule has 0 bridgehead atoms. The van der Waals surface area contributed by atoms with Gasteiger partial charge in [-0.3, -0.25) is 0 Å². The van der Waals surface area contributed by atoms with Crippen molar-refractivity contribution in [1.29, 1.82) is 0 Å². The summed E-state index contributed by atoms with van der Waals surface area (Å²) in [6.07, 6.45) is 3.49. The quantitative estimate of drug-likeness (QED) is 0.441. The van der Waals surface area contributed by atoms with Crippen LogP contribution in [0.1, 0.15) is 24.5 Å². The highest BCUT2D eigenvalue weighted by Crippen LogP contribution is 2.14. The molecule has 1 aromatic rings. The third-order valence-electron chi connectivity index (χ3n) is 3.10. The molecule has 1 aromatic heterocycles. The summed E-state index contributed by atoms with van der Waals surface area (Å²) < 4.78 is 2.22. The summed E-state index contributed by atoms with van der Waals surface area (Å²) in [5.74, 6) is 3.04. The Morgan fingerprint density at radius 1 is 1.16 bits per heavy atom. The van der Waals surface area contributed by atoms with Crippen LogP contribution in [0.25, 0.3) is 0 Å². The zero-order chi connectivity index (χ0) is 13.1. The standard InChI is InChI=1S/C12H22N6.HI/c1-16(2)12(17(3)4)13-9-11-15-14-10-7-5-6-8-18(10)11;/h5-9H2,1-4H3;1H. The summed E-state index contributed by atoms with van der Waals surface area (Å²) in [5, 5.41) is 8.50. The number of aliphatic imine (C=N–C) groups is 1. The normalized spacial score (nSPS) is 13.3. The van der Waals surface area contributed by atoms with Crippen LogP contribution in [0.4, 0.5) is 0 Å². The molecule has 0 fully saturated rings. The number of hydrogen-bond donors (Lipinski definition) is 0. The van der Waals surface area contributed by atoms with Crippen molar-refractivity contribution >= 4 is 29.9 Å². The minimum Gasteiger partial charge on any atom is -0.349 e. The van der Waals surface area contributed by atoms with Gasteiger partial charge in [-0.2, -0.15) is 0 Å². The SMILES string of the molecule is CN(C)C(=NCc1nnc2n1CCCC2)N(C)C.I. The highest BCUT2D eigenvalue weighted by atomic mass is 127. The number of aromatic nitrogens is 3. The van der Waals surface area contributed by atoms with Crippen molar-refractivity contribution in [3.05, 3.63) is 11.6 Å². The van der Waals surface area contributed by atoms with Crippen molar-refractivity contribution < 1.29 is 0 Å². The van der Waals surface area contributed by atoms with Gasteiger partial charge in [-0.15, -0.1) is 34.2 Å². The molecule has 0 amide bonds. The summed E-state index contributed by atoms with van der Waals surface area (Å²) in [6, 6.07) is 0. The predicted octanol–water partition coefficient (Wildman–Crippen LogP) is 1.21. The zero-order valence-electron chi connectivity index (χ0n) is 12.1. The number of hydrogen-bond acceptors (Lipinski definition) is 3. The van der Waals surface area contributed by atoms with E-state index in [0.29, 0.717) is 6.54 Å². The molecule has 0 radical (unpaired) electrons. The van der Waals surface area contributed by atoms with Gasteiger partial charge < -0.3 is 14.4 Å². The van der Waals surface area contributed by atoms with Gasteiger partial charge in [-0.1, -0.05) is 0 Å². The number of aryl methyl sites for hydroxylation is 1. The van der Waals surface area contributed by atoms with Gasteiger partial charge in [0.15, 0.2) is 11.8 Å². The number of fused-ring (bicyclic) bond motifs is 1. The molecule has 0 aliphatic carbocycles. The lowest BCUT2D eigenvalue weighted by Crippen LogP contribution is -2.35. The molecule has 0 N–H and O–H groups in total. The van der Waals surface area contributed by atoms with Crippen LogP contribution < -0.4 is 0 Å². The Bertz CT molecular complexity index is 427. The van der Waals surface area contributed by atoms with Crippen molar-refractivity contribution in [2.24, 2.45) is 4.99 Å². The zero-order valence-corrected chi connectivity index (χ0v) is 14.5. The summed E-state index contributed by atoms with van der Waals surface area (Å²) >= 11 is 0. The first-order valence-electron chi connectivity index (χ1n) is 6.39. The molecule has 2 heterocycles. The number of rotatable bonds is 2. The van der Waals surface area contributed by atoms with Gasteiger partial charge in [0.05, 0.1) is 0 Å². The maximum Gasteiger partial charge on any atom is 0.195 e. The molecule has 0 saturated heterocycles. The lowest BCUT2D eigenvalue weighted by Gasteiger charge is -2.22. The van der Waals surface area contributed by atoms with Gasteiger partial charge in [0.1, 0.15) is 12.4 Å². The van der Waals surface area contributed by atoms with Crippen molar-refractivity contribution in [2.75, 3.05) is 28.2 Å². The van der Waals surface area contributed by atoms with E-state index in [2.05, 4.69) is 19.8 Å². The summed E-state index contributed by atoms with van der Waals surface area (Å²) in [6.45, 7) is 1.63. The minimum absolute atomic E-state index is 0. The van der Waals surface area contributed by atoms with Crippen LogP contribution in [0, 0.1) is 0 Å². The van der Waals surface area contributed by atoms with E-state index in [-0.39, 0.29) is 24.0 Å². The second-order valence-electron chi connectivity index (χ2n) is 5.05. The highest BCUT2D eigenvalue weighted by molar-refractivity contribution is 14.0. The highest BCUT2D eigenvalue weighted by Gasteiger charge is 2.15. The molecule has 6 nitrogen and oxygen atoms in total. The molecule has 0 aromatic carbocycles. The predicted molar refractivity (Wildman–Crippen MR) is 86.9 cm³/mol. The fourth-order valence-electron chi connectivity index (χ4n) is 2.31. The van der Waals surface area contributed by atoms with Gasteiger partial charge in [-0.05, 0) is 12.8 Å². The Hall–Kier alpha value is -0.860. The molecule has 1 aliphatic rings. The Morgan fingerprint density at radius 3 is 2.47 bits per heavy atom. The fraction of sp³-hybridized carbons (Fsp3) is 0.750. The van der Waals surface area contributed by atoms with Gasteiger partial charge >= 0.3 is 0 Å². The van der Waals surface area contributed by atoms with Gasteiger partial charge in [0.25, 0.3) is 0 Å². The van der Waals surface area contributed by atoms with Crippen LogP contribution in [0.5, 0.6) is 0 Å². The first kappa shape index (κ1) is 16.2. The average Bonchev–Trinajstić information content (AvgIpc) is 2.72. The van der Waals surface area contributed by atoms with Crippen LogP contribution >= 0.6 is 24.0 Å². The van der Waals surface area contributed by atoms with Crippen molar-refractivity contribution in [3.8, 4) is 0 Å². The van der Waals surface area contributed by atoms with E-state index in [9.17, 15) is 0 Å². The van der Waals surface area contributed by atoms with E-state index in [0.717, 1.165) is 30.6 Å². The Labute approximate surface area is 131 Å². The van der Waals surface area contributed by atoms with Crippen molar-refractivity contribution in [2.45, 2.75) is 32.4 Å². The van der Waals surface area contributed by atoms with E-state index < -0.39 is 0 Å². The first-order valence-corrected chi connectivity index (χ1v) is 6.39. The second kappa shape index (κ2) is 7.06. The molecule has 0 atom stereocenters. The number of nitrogens with zero attached hydrogens (tertiary/aromatic N) is 6. The van der Waals surface area contributed by atoms with Crippen LogP contribution in [0.15, 0.2) is 4.99 Å². The lowest BCUT2D eigenvalue weighted by atomic mass is 10.2. The molecule has 0 unspecified atom stereocenters. The first-order chi connectivity index (χ1) is 8.59. The van der Waals surface area contributed by atoms with Crippen LogP contribution in [-0.4, -0.2) is 58.7 Å².